The molecular formula is C17H29NO3. The number of nitrogens with zero attached hydrogens (tertiary/aromatic N) is 1. The number of hydrogen-bond donors (Lipinski definition) is 0. The van der Waals surface area contributed by atoms with E-state index in [-0.39, 0.29) is 23.5 Å². The maximum Gasteiger partial charge on any atom is 0.410 e. The van der Waals surface area contributed by atoms with Gasteiger partial charge in [0.05, 0.1) is 6.04 Å². The summed E-state index contributed by atoms with van der Waals surface area (Å²) in [6.45, 7) is 10.5. The van der Waals surface area contributed by atoms with Crippen molar-refractivity contribution in [1.82, 2.24) is 4.90 Å². The summed E-state index contributed by atoms with van der Waals surface area (Å²) in [7, 11) is 0. The van der Waals surface area contributed by atoms with Gasteiger partial charge < -0.3 is 9.64 Å². The van der Waals surface area contributed by atoms with Gasteiger partial charge in [0, 0.05) is 17.9 Å². The summed E-state index contributed by atoms with van der Waals surface area (Å²) in [5, 5.41) is 0. The minimum Gasteiger partial charge on any atom is -0.444 e. The van der Waals surface area contributed by atoms with E-state index in [1.165, 1.54) is 0 Å². The second-order valence-electron chi connectivity index (χ2n) is 7.75. The van der Waals surface area contributed by atoms with E-state index in [1.54, 1.807) is 0 Å². The number of carbonyl (C=O) groups is 2. The van der Waals surface area contributed by atoms with Crippen LogP contribution in [0.4, 0.5) is 4.79 Å². The Morgan fingerprint density at radius 1 is 1.38 bits per heavy atom. The highest BCUT2D eigenvalue weighted by Crippen LogP contribution is 2.51. The van der Waals surface area contributed by atoms with E-state index in [1.807, 2.05) is 32.6 Å². The molecular weight excluding hydrogens is 266 g/mol. The van der Waals surface area contributed by atoms with E-state index in [0.29, 0.717) is 12.3 Å². The molecule has 1 aliphatic heterocycles. The average Bonchev–Trinajstić information content (AvgIpc) is 2.57. The molecule has 0 aromatic rings. The Kier molecular flexibility index (Phi) is 4.36. The number of ketones is 1. The number of fused-ring (bicyclic) bond motifs is 1. The van der Waals surface area contributed by atoms with Crippen molar-refractivity contribution >= 4 is 11.9 Å². The summed E-state index contributed by atoms with van der Waals surface area (Å²) in [5.74, 6) is 0.376. The van der Waals surface area contributed by atoms with Gasteiger partial charge in [-0.25, -0.2) is 4.79 Å². The standard InChI is InChI=1S/C17H29NO3/c1-6-10-17(5)13-12(14(17)19)9-7-8-11-18(13)15(20)21-16(2,3)4/h12-13H,6-11H2,1-5H3. The molecule has 0 radical (unpaired) electrons. The van der Waals surface area contributed by atoms with Crippen molar-refractivity contribution in [2.45, 2.75) is 78.4 Å². The van der Waals surface area contributed by atoms with E-state index >= 15 is 0 Å². The molecule has 2 aliphatic rings. The van der Waals surface area contributed by atoms with Crippen LogP contribution in [0.2, 0.25) is 0 Å². The summed E-state index contributed by atoms with van der Waals surface area (Å²) in [6, 6.07) is 0.0299. The van der Waals surface area contributed by atoms with Gasteiger partial charge in [0.25, 0.3) is 0 Å². The predicted octanol–water partition coefficient (Wildman–Crippen LogP) is 3.78. The van der Waals surface area contributed by atoms with Crippen LogP contribution < -0.4 is 0 Å². The molecule has 2 rings (SSSR count). The molecule has 0 spiro atoms. The van der Waals surface area contributed by atoms with Crippen molar-refractivity contribution in [3.63, 3.8) is 0 Å². The van der Waals surface area contributed by atoms with Crippen molar-refractivity contribution in [3.8, 4) is 0 Å². The first kappa shape index (κ1) is 16.3. The van der Waals surface area contributed by atoms with Gasteiger partial charge >= 0.3 is 6.09 Å². The van der Waals surface area contributed by atoms with E-state index in [4.69, 9.17) is 4.74 Å². The van der Waals surface area contributed by atoms with Crippen LogP contribution in [0, 0.1) is 11.3 Å². The second-order valence-corrected chi connectivity index (χ2v) is 7.75. The van der Waals surface area contributed by atoms with Crippen LogP contribution in [-0.4, -0.2) is 35.0 Å². The zero-order valence-corrected chi connectivity index (χ0v) is 14.1. The summed E-state index contributed by atoms with van der Waals surface area (Å²) in [4.78, 5) is 26.9. The van der Waals surface area contributed by atoms with Crippen molar-refractivity contribution < 1.29 is 14.3 Å². The Morgan fingerprint density at radius 2 is 2.05 bits per heavy atom. The summed E-state index contributed by atoms with van der Waals surface area (Å²) in [5.41, 5.74) is -0.867. The number of amides is 1. The van der Waals surface area contributed by atoms with Gasteiger partial charge in [0.1, 0.15) is 11.4 Å². The third kappa shape index (κ3) is 2.95. The molecule has 3 unspecified atom stereocenters. The molecule has 0 N–H and O–H groups in total. The minimum absolute atomic E-state index is 0.0246. The third-order valence-electron chi connectivity index (χ3n) is 4.83. The Bertz CT molecular complexity index is 426. The number of rotatable bonds is 2. The van der Waals surface area contributed by atoms with Crippen molar-refractivity contribution in [3.05, 3.63) is 0 Å². The molecule has 0 bridgehead atoms. The van der Waals surface area contributed by atoms with Crippen LogP contribution in [0.3, 0.4) is 0 Å². The summed E-state index contributed by atoms with van der Waals surface area (Å²) >= 11 is 0. The summed E-state index contributed by atoms with van der Waals surface area (Å²) < 4.78 is 5.57. The largest absolute Gasteiger partial charge is 0.444 e. The van der Waals surface area contributed by atoms with Gasteiger partial charge in [0.15, 0.2) is 0 Å². The molecule has 1 heterocycles. The Labute approximate surface area is 128 Å². The lowest BCUT2D eigenvalue weighted by atomic mass is 9.54. The van der Waals surface area contributed by atoms with Crippen molar-refractivity contribution in [1.29, 1.82) is 0 Å². The zero-order chi connectivity index (χ0) is 15.8. The van der Waals surface area contributed by atoms with E-state index in [0.717, 1.165) is 32.1 Å². The van der Waals surface area contributed by atoms with Crippen molar-refractivity contribution in [2.75, 3.05) is 6.54 Å². The van der Waals surface area contributed by atoms with Crippen LogP contribution in [-0.2, 0) is 9.53 Å². The molecule has 4 nitrogen and oxygen atoms in total. The van der Waals surface area contributed by atoms with Gasteiger partial charge in [-0.1, -0.05) is 26.7 Å². The Morgan fingerprint density at radius 3 is 2.62 bits per heavy atom. The summed E-state index contributed by atoms with van der Waals surface area (Å²) in [6.07, 6.45) is 4.47. The lowest BCUT2D eigenvalue weighted by molar-refractivity contribution is -0.158. The van der Waals surface area contributed by atoms with E-state index < -0.39 is 5.60 Å². The van der Waals surface area contributed by atoms with Crippen LogP contribution in [0.15, 0.2) is 0 Å². The molecule has 3 atom stereocenters. The monoisotopic (exact) mass is 295 g/mol. The molecule has 1 amide bonds. The quantitative estimate of drug-likeness (QED) is 0.779. The smallest absolute Gasteiger partial charge is 0.410 e. The molecule has 1 saturated carbocycles. The van der Waals surface area contributed by atoms with Crippen LogP contribution in [0.5, 0.6) is 0 Å². The normalized spacial score (nSPS) is 33.0. The molecule has 1 saturated heterocycles. The topological polar surface area (TPSA) is 46.6 Å². The molecule has 0 aromatic heterocycles. The molecule has 21 heavy (non-hydrogen) atoms. The maximum atomic E-state index is 12.5. The van der Waals surface area contributed by atoms with Crippen molar-refractivity contribution in [2.24, 2.45) is 11.3 Å². The lowest BCUT2D eigenvalue weighted by Gasteiger charge is -2.55. The van der Waals surface area contributed by atoms with Gasteiger partial charge in [-0.05, 0) is 40.0 Å². The lowest BCUT2D eigenvalue weighted by Crippen LogP contribution is -2.67. The highest BCUT2D eigenvalue weighted by atomic mass is 16.6. The first-order valence-electron chi connectivity index (χ1n) is 8.24. The highest BCUT2D eigenvalue weighted by Gasteiger charge is 2.61. The van der Waals surface area contributed by atoms with E-state index in [2.05, 4.69) is 6.92 Å². The van der Waals surface area contributed by atoms with Crippen LogP contribution >= 0.6 is 0 Å². The molecule has 4 heteroatoms. The second kappa shape index (κ2) is 5.62. The number of Topliss-reactive ketones (excluding diaryl/α,β-unsaturated/α-hetero) is 1. The zero-order valence-electron chi connectivity index (χ0n) is 14.1. The number of likely N-dealkylation sites (tertiary alicyclic amines) is 1. The fraction of sp³-hybridized carbons (Fsp3) is 0.882. The first-order chi connectivity index (χ1) is 9.70. The van der Waals surface area contributed by atoms with Crippen LogP contribution in [0.25, 0.3) is 0 Å². The number of carbonyl (C=O) groups excluding carboxylic acids is 2. The predicted molar refractivity (Wildman–Crippen MR) is 82.1 cm³/mol. The fourth-order valence-corrected chi connectivity index (χ4v) is 4.01. The molecule has 0 aromatic carbocycles. The molecule has 120 valence electrons. The minimum atomic E-state index is -0.492. The number of hydrogen-bond acceptors (Lipinski definition) is 3. The average molecular weight is 295 g/mol. The Balaban J connectivity index is 2.23. The maximum absolute atomic E-state index is 12.5. The first-order valence-corrected chi connectivity index (χ1v) is 8.24. The third-order valence-corrected chi connectivity index (χ3v) is 4.83. The molecule has 1 aliphatic carbocycles. The van der Waals surface area contributed by atoms with Gasteiger partial charge in [0.2, 0.25) is 0 Å². The molecule has 2 fully saturated rings. The van der Waals surface area contributed by atoms with Gasteiger partial charge in [-0.3, -0.25) is 4.79 Å². The fourth-order valence-electron chi connectivity index (χ4n) is 4.01. The van der Waals surface area contributed by atoms with Crippen LogP contribution in [0.1, 0.15) is 66.7 Å². The van der Waals surface area contributed by atoms with Gasteiger partial charge in [-0.2, -0.15) is 0 Å². The SMILES string of the molecule is CCCC1(C)C(=O)C2CCCCN(C(=O)OC(C)(C)C)C21. The highest BCUT2D eigenvalue weighted by molar-refractivity contribution is 5.96. The number of ether oxygens (including phenoxy) is 1. The van der Waals surface area contributed by atoms with Gasteiger partial charge in [-0.15, -0.1) is 0 Å². The van der Waals surface area contributed by atoms with E-state index in [9.17, 15) is 9.59 Å². The Hall–Kier alpha value is -1.06.